The number of hydrogen-bond acceptors (Lipinski definition) is 2. The van der Waals surface area contributed by atoms with Crippen molar-refractivity contribution in [1.29, 1.82) is 0 Å². The van der Waals surface area contributed by atoms with Gasteiger partial charge in [0.05, 0.1) is 6.04 Å². The highest BCUT2D eigenvalue weighted by Crippen LogP contribution is 2.33. The molecule has 1 atom stereocenters. The van der Waals surface area contributed by atoms with E-state index in [0.717, 1.165) is 25.5 Å². The van der Waals surface area contributed by atoms with Crippen molar-refractivity contribution < 1.29 is 0 Å². The second-order valence-electron chi connectivity index (χ2n) is 3.61. The smallest absolute Gasteiger partial charge is 0.0660 e. The van der Waals surface area contributed by atoms with E-state index in [2.05, 4.69) is 15.9 Å². The van der Waals surface area contributed by atoms with Gasteiger partial charge in [-0.15, -0.1) is 11.3 Å². The molecule has 1 aromatic heterocycles. The Morgan fingerprint density at radius 1 is 1.38 bits per heavy atom. The first-order chi connectivity index (χ1) is 7.59. The van der Waals surface area contributed by atoms with Crippen LogP contribution < -0.4 is 5.73 Å². The van der Waals surface area contributed by atoms with Crippen LogP contribution in [-0.2, 0) is 0 Å². The molecule has 0 fully saturated rings. The van der Waals surface area contributed by atoms with Gasteiger partial charge in [-0.3, -0.25) is 0 Å². The molecule has 2 rings (SSSR count). The fraction of sp³-hybridized carbons (Fsp3) is 0.167. The quantitative estimate of drug-likeness (QED) is 0.866. The van der Waals surface area contributed by atoms with E-state index < -0.39 is 0 Å². The largest absolute Gasteiger partial charge is 0.320 e. The lowest BCUT2D eigenvalue weighted by molar-refractivity contribution is 0.878. The first-order valence-electron chi connectivity index (χ1n) is 4.84. The molecule has 4 heteroatoms. The van der Waals surface area contributed by atoms with Crippen molar-refractivity contribution in [3.8, 4) is 0 Å². The van der Waals surface area contributed by atoms with Crippen molar-refractivity contribution >= 4 is 38.9 Å². The number of hydrogen-bond donors (Lipinski definition) is 1. The molecule has 84 valence electrons. The summed E-state index contributed by atoms with van der Waals surface area (Å²) in [6, 6.07) is 7.75. The molecule has 0 amide bonds. The predicted octanol–water partition coefficient (Wildman–Crippen LogP) is 4.52. The van der Waals surface area contributed by atoms with Crippen molar-refractivity contribution in [2.75, 3.05) is 0 Å². The van der Waals surface area contributed by atoms with E-state index in [9.17, 15) is 0 Å². The molecule has 1 heterocycles. The average molecular weight is 317 g/mol. The highest BCUT2D eigenvalue weighted by atomic mass is 79.9. The fourth-order valence-electron chi connectivity index (χ4n) is 1.66. The Kier molecular flexibility index (Phi) is 3.70. The van der Waals surface area contributed by atoms with E-state index in [1.165, 1.54) is 0 Å². The standard InChI is InChI=1S/C12H11BrClNS/c1-7-6-8(14)2-3-9(7)11(15)12-10(13)4-5-16-12/h2-6,11H,15H2,1H3. The maximum Gasteiger partial charge on any atom is 0.0660 e. The zero-order chi connectivity index (χ0) is 11.7. The number of rotatable bonds is 2. The Balaban J connectivity index is 2.41. The summed E-state index contributed by atoms with van der Waals surface area (Å²) in [7, 11) is 0. The number of aryl methyl sites for hydroxylation is 1. The number of halogens is 2. The highest BCUT2D eigenvalue weighted by Gasteiger charge is 2.15. The summed E-state index contributed by atoms with van der Waals surface area (Å²) in [4.78, 5) is 1.14. The third-order valence-electron chi connectivity index (χ3n) is 2.49. The molecular weight excluding hydrogens is 306 g/mol. The van der Waals surface area contributed by atoms with Crippen molar-refractivity contribution in [1.82, 2.24) is 0 Å². The maximum atomic E-state index is 6.25. The fourth-order valence-corrected chi connectivity index (χ4v) is 3.52. The summed E-state index contributed by atoms with van der Waals surface area (Å²) in [5.74, 6) is 0. The minimum atomic E-state index is -0.0911. The minimum absolute atomic E-state index is 0.0911. The highest BCUT2D eigenvalue weighted by molar-refractivity contribution is 9.10. The summed E-state index contributed by atoms with van der Waals surface area (Å²) < 4.78 is 1.07. The van der Waals surface area contributed by atoms with Crippen LogP contribution in [0.3, 0.4) is 0 Å². The van der Waals surface area contributed by atoms with E-state index in [1.807, 2.05) is 36.6 Å². The van der Waals surface area contributed by atoms with Crippen LogP contribution >= 0.6 is 38.9 Å². The first kappa shape index (κ1) is 12.1. The lowest BCUT2D eigenvalue weighted by Gasteiger charge is -2.14. The number of thiophene rings is 1. The summed E-state index contributed by atoms with van der Waals surface area (Å²) in [6.45, 7) is 2.03. The Morgan fingerprint density at radius 3 is 2.69 bits per heavy atom. The summed E-state index contributed by atoms with van der Waals surface area (Å²) in [5, 5.41) is 2.78. The van der Waals surface area contributed by atoms with Crippen molar-refractivity contribution in [2.24, 2.45) is 5.73 Å². The molecule has 0 aliphatic carbocycles. The lowest BCUT2D eigenvalue weighted by atomic mass is 10.0. The molecule has 1 nitrogen and oxygen atoms in total. The molecule has 16 heavy (non-hydrogen) atoms. The summed E-state index contributed by atoms with van der Waals surface area (Å²) >= 11 is 11.1. The monoisotopic (exact) mass is 315 g/mol. The van der Waals surface area contributed by atoms with Gasteiger partial charge in [0, 0.05) is 14.4 Å². The number of benzene rings is 1. The van der Waals surface area contributed by atoms with Crippen molar-refractivity contribution in [2.45, 2.75) is 13.0 Å². The topological polar surface area (TPSA) is 26.0 Å². The molecule has 0 aliphatic rings. The van der Waals surface area contributed by atoms with Crippen LogP contribution in [0.25, 0.3) is 0 Å². The molecule has 2 aromatic rings. The normalized spacial score (nSPS) is 12.8. The molecule has 0 radical (unpaired) electrons. The number of nitrogens with two attached hydrogens (primary N) is 1. The zero-order valence-electron chi connectivity index (χ0n) is 8.71. The Bertz CT molecular complexity index is 509. The van der Waals surface area contributed by atoms with Gasteiger partial charge in [-0.1, -0.05) is 17.7 Å². The molecule has 1 aromatic carbocycles. The summed E-state index contributed by atoms with van der Waals surface area (Å²) in [5.41, 5.74) is 8.49. The third kappa shape index (κ3) is 2.33. The second kappa shape index (κ2) is 4.88. The molecule has 0 bridgehead atoms. The lowest BCUT2D eigenvalue weighted by Crippen LogP contribution is -2.12. The Hall–Kier alpha value is -0.350. The van der Waals surface area contributed by atoms with Gasteiger partial charge in [-0.25, -0.2) is 0 Å². The Labute approximate surface area is 112 Å². The third-order valence-corrected chi connectivity index (χ3v) is 4.68. The van der Waals surface area contributed by atoms with Gasteiger partial charge >= 0.3 is 0 Å². The van der Waals surface area contributed by atoms with Gasteiger partial charge in [0.15, 0.2) is 0 Å². The molecular formula is C12H11BrClNS. The van der Waals surface area contributed by atoms with Crippen LogP contribution in [0.4, 0.5) is 0 Å². The maximum absolute atomic E-state index is 6.25. The van der Waals surface area contributed by atoms with E-state index in [-0.39, 0.29) is 6.04 Å². The molecule has 0 aliphatic heterocycles. The summed E-state index contributed by atoms with van der Waals surface area (Å²) in [6.07, 6.45) is 0. The van der Waals surface area contributed by atoms with Crippen LogP contribution in [0.1, 0.15) is 22.0 Å². The van der Waals surface area contributed by atoms with Crippen molar-refractivity contribution in [3.63, 3.8) is 0 Å². The van der Waals surface area contributed by atoms with E-state index in [0.29, 0.717) is 0 Å². The van der Waals surface area contributed by atoms with Gasteiger partial charge in [0.25, 0.3) is 0 Å². The molecule has 0 saturated heterocycles. The van der Waals surface area contributed by atoms with Crippen LogP contribution in [0, 0.1) is 6.92 Å². The zero-order valence-corrected chi connectivity index (χ0v) is 11.9. The van der Waals surface area contributed by atoms with Gasteiger partial charge in [0.1, 0.15) is 0 Å². The Morgan fingerprint density at radius 2 is 2.12 bits per heavy atom. The second-order valence-corrected chi connectivity index (χ2v) is 5.85. The first-order valence-corrected chi connectivity index (χ1v) is 6.89. The van der Waals surface area contributed by atoms with E-state index >= 15 is 0 Å². The van der Waals surface area contributed by atoms with E-state index in [1.54, 1.807) is 11.3 Å². The van der Waals surface area contributed by atoms with E-state index in [4.69, 9.17) is 17.3 Å². The van der Waals surface area contributed by atoms with Crippen molar-refractivity contribution in [3.05, 3.63) is 55.1 Å². The van der Waals surface area contributed by atoms with Gasteiger partial charge in [0.2, 0.25) is 0 Å². The van der Waals surface area contributed by atoms with Crippen LogP contribution in [0.15, 0.2) is 34.1 Å². The van der Waals surface area contributed by atoms with Crippen LogP contribution in [0.5, 0.6) is 0 Å². The van der Waals surface area contributed by atoms with Crippen LogP contribution in [0.2, 0.25) is 5.02 Å². The molecule has 0 saturated carbocycles. The van der Waals surface area contributed by atoms with Gasteiger partial charge in [-0.2, -0.15) is 0 Å². The van der Waals surface area contributed by atoms with Gasteiger partial charge < -0.3 is 5.73 Å². The molecule has 1 unspecified atom stereocenters. The molecule has 2 N–H and O–H groups in total. The van der Waals surface area contributed by atoms with Crippen LogP contribution in [-0.4, -0.2) is 0 Å². The average Bonchev–Trinajstić information content (AvgIpc) is 2.63. The van der Waals surface area contributed by atoms with Gasteiger partial charge in [-0.05, 0) is 57.6 Å². The minimum Gasteiger partial charge on any atom is -0.320 e. The predicted molar refractivity (Wildman–Crippen MR) is 74.2 cm³/mol. The SMILES string of the molecule is Cc1cc(Cl)ccc1C(N)c1sccc1Br. The molecule has 0 spiro atoms.